The first-order valence-corrected chi connectivity index (χ1v) is 13.3. The summed E-state index contributed by atoms with van der Waals surface area (Å²) in [5, 5.41) is 20.4. The number of carbonyl (C=O) groups excluding carboxylic acids is 2. The maximum atomic E-state index is 12.9. The van der Waals surface area contributed by atoms with E-state index in [4.69, 9.17) is 10.5 Å². The van der Waals surface area contributed by atoms with Crippen LogP contribution in [0.25, 0.3) is 11.0 Å². The van der Waals surface area contributed by atoms with Crippen molar-refractivity contribution >= 4 is 22.8 Å². The first-order valence-electron chi connectivity index (χ1n) is 13.3. The van der Waals surface area contributed by atoms with Crippen LogP contribution in [0.2, 0.25) is 0 Å². The fourth-order valence-corrected chi connectivity index (χ4v) is 5.86. The SMILES string of the molecule is NC(=O)c1c(O[C@H]2CC3(C[C@H](NC(=O)c4cnn5cc(OCC(O)(C(F)(F)F)C(F)(F)F)ccc45)C3)C2)nn2ccccc12. The van der Waals surface area contributed by atoms with E-state index in [0.29, 0.717) is 31.2 Å². The Bertz CT molecular complexity index is 1740. The average Bonchev–Trinajstić information content (AvgIpc) is 3.48. The van der Waals surface area contributed by atoms with Gasteiger partial charge in [0.2, 0.25) is 5.88 Å². The number of aliphatic hydroxyl groups is 1. The van der Waals surface area contributed by atoms with E-state index in [0.717, 1.165) is 16.8 Å². The molecule has 17 heteroatoms. The third kappa shape index (κ3) is 4.93. The lowest BCUT2D eigenvalue weighted by molar-refractivity contribution is -0.373. The van der Waals surface area contributed by atoms with Gasteiger partial charge in [0.15, 0.2) is 0 Å². The standard InChI is InChI=1S/C27H24F6N6O5/c28-26(29,30)25(42,27(31,32)33)13-43-15-4-5-18-17(11-35-39(18)12-15)22(41)36-14-7-24(8-14)9-16(10-24)44-23-20(21(34)40)19-3-1-2-6-38(19)37-23/h1-6,11-12,14,16,42H,7-10,13H2,(H2,34,40)(H,36,41)/t14-,16-,24?. The van der Waals surface area contributed by atoms with Crippen molar-refractivity contribution in [3.05, 3.63) is 60.0 Å². The number of rotatable bonds is 8. The number of aromatic nitrogens is 4. The number of primary amides is 1. The molecule has 0 bridgehead atoms. The Morgan fingerprint density at radius 1 is 1.02 bits per heavy atom. The second-order valence-corrected chi connectivity index (χ2v) is 11.2. The highest BCUT2D eigenvalue weighted by Crippen LogP contribution is 2.57. The predicted octanol–water partition coefficient (Wildman–Crippen LogP) is 3.44. The molecule has 2 fully saturated rings. The second-order valence-electron chi connectivity index (χ2n) is 11.2. The van der Waals surface area contributed by atoms with Crippen LogP contribution >= 0.6 is 0 Å². The van der Waals surface area contributed by atoms with Crippen molar-refractivity contribution in [1.82, 2.24) is 24.5 Å². The minimum Gasteiger partial charge on any atom is -0.488 e. The van der Waals surface area contributed by atoms with Crippen molar-refractivity contribution < 1.29 is 50.5 Å². The van der Waals surface area contributed by atoms with E-state index < -0.39 is 42.1 Å². The number of nitrogens with two attached hydrogens (primary N) is 1. The molecule has 4 aromatic heterocycles. The van der Waals surface area contributed by atoms with Crippen molar-refractivity contribution in [2.75, 3.05) is 6.61 Å². The monoisotopic (exact) mass is 626 g/mol. The van der Waals surface area contributed by atoms with Crippen molar-refractivity contribution in [1.29, 1.82) is 0 Å². The third-order valence-electron chi connectivity index (χ3n) is 8.17. The van der Waals surface area contributed by atoms with Crippen LogP contribution in [0, 0.1) is 5.41 Å². The summed E-state index contributed by atoms with van der Waals surface area (Å²) < 4.78 is 90.7. The maximum absolute atomic E-state index is 12.9. The molecule has 0 saturated heterocycles. The number of pyridine rings is 2. The summed E-state index contributed by atoms with van der Waals surface area (Å²) in [6.45, 7) is -2.12. The zero-order valence-corrected chi connectivity index (χ0v) is 22.5. The molecule has 2 amide bonds. The fourth-order valence-electron chi connectivity index (χ4n) is 5.86. The highest BCUT2D eigenvalue weighted by molar-refractivity contribution is 6.02. The quantitative estimate of drug-likeness (QED) is 0.254. The van der Waals surface area contributed by atoms with Gasteiger partial charge in [-0.25, -0.2) is 9.03 Å². The summed E-state index contributed by atoms with van der Waals surface area (Å²) in [6, 6.07) is 7.43. The number of fused-ring (bicyclic) bond motifs is 2. The van der Waals surface area contributed by atoms with Gasteiger partial charge in [0.05, 0.1) is 29.0 Å². The van der Waals surface area contributed by atoms with Crippen LogP contribution in [0.15, 0.2) is 48.9 Å². The highest BCUT2D eigenvalue weighted by atomic mass is 19.4. The van der Waals surface area contributed by atoms with Gasteiger partial charge in [-0.15, -0.1) is 5.10 Å². The maximum Gasteiger partial charge on any atom is 0.429 e. The van der Waals surface area contributed by atoms with Gasteiger partial charge in [-0.3, -0.25) is 9.59 Å². The molecule has 1 spiro atoms. The van der Waals surface area contributed by atoms with Crippen molar-refractivity contribution in [3.63, 3.8) is 0 Å². The van der Waals surface area contributed by atoms with Gasteiger partial charge in [0, 0.05) is 12.2 Å². The first kappa shape index (κ1) is 29.5. The van der Waals surface area contributed by atoms with Gasteiger partial charge in [-0.1, -0.05) is 6.07 Å². The normalized spacial score (nSPS) is 22.1. The molecule has 2 aliphatic carbocycles. The molecule has 2 aliphatic rings. The lowest BCUT2D eigenvalue weighted by Gasteiger charge is -2.57. The number of amides is 2. The summed E-state index contributed by atoms with van der Waals surface area (Å²) >= 11 is 0. The topological polar surface area (TPSA) is 145 Å². The van der Waals surface area contributed by atoms with E-state index in [-0.39, 0.29) is 40.1 Å². The van der Waals surface area contributed by atoms with Crippen LogP contribution < -0.4 is 20.5 Å². The van der Waals surface area contributed by atoms with Gasteiger partial charge >= 0.3 is 12.4 Å². The van der Waals surface area contributed by atoms with Gasteiger partial charge in [0.25, 0.3) is 17.4 Å². The molecule has 0 unspecified atom stereocenters. The fraction of sp³-hybridized carbons (Fsp3) is 0.407. The number of alkyl halides is 6. The molecule has 4 heterocycles. The third-order valence-corrected chi connectivity index (χ3v) is 8.17. The molecule has 0 aromatic carbocycles. The van der Waals surface area contributed by atoms with Crippen LogP contribution in [-0.4, -0.2) is 72.9 Å². The summed E-state index contributed by atoms with van der Waals surface area (Å²) in [6.07, 6.45) is -5.56. The van der Waals surface area contributed by atoms with E-state index in [1.165, 1.54) is 16.8 Å². The van der Waals surface area contributed by atoms with Crippen molar-refractivity contribution in [2.45, 2.75) is 55.8 Å². The number of nitrogens with zero attached hydrogens (tertiary/aromatic N) is 4. The average molecular weight is 627 g/mol. The molecule has 4 aromatic rings. The largest absolute Gasteiger partial charge is 0.488 e. The number of nitrogens with one attached hydrogen (secondary N) is 1. The highest BCUT2D eigenvalue weighted by Gasteiger charge is 2.71. The Kier molecular flexibility index (Phi) is 6.71. The Balaban J connectivity index is 1.03. The molecule has 2 saturated carbocycles. The molecule has 0 aliphatic heterocycles. The summed E-state index contributed by atoms with van der Waals surface area (Å²) in [4.78, 5) is 24.9. The smallest absolute Gasteiger partial charge is 0.429 e. The van der Waals surface area contributed by atoms with E-state index >= 15 is 0 Å². The molecular weight excluding hydrogens is 602 g/mol. The van der Waals surface area contributed by atoms with Crippen LogP contribution in [-0.2, 0) is 0 Å². The summed E-state index contributed by atoms with van der Waals surface area (Å²) in [5.41, 5.74) is 1.57. The minimum atomic E-state index is -6.02. The molecule has 4 N–H and O–H groups in total. The van der Waals surface area contributed by atoms with E-state index in [2.05, 4.69) is 20.3 Å². The van der Waals surface area contributed by atoms with Crippen molar-refractivity contribution in [3.8, 4) is 11.6 Å². The van der Waals surface area contributed by atoms with Crippen LogP contribution in [0.3, 0.4) is 0 Å². The van der Waals surface area contributed by atoms with E-state index in [1.807, 2.05) is 0 Å². The Morgan fingerprint density at radius 2 is 1.73 bits per heavy atom. The Morgan fingerprint density at radius 3 is 2.39 bits per heavy atom. The Hall–Kier alpha value is -4.54. The first-order chi connectivity index (χ1) is 20.6. The zero-order chi connectivity index (χ0) is 31.7. The van der Waals surface area contributed by atoms with E-state index in [1.54, 1.807) is 24.4 Å². The summed E-state index contributed by atoms with van der Waals surface area (Å²) in [5.74, 6) is -1.37. The van der Waals surface area contributed by atoms with Crippen molar-refractivity contribution in [2.24, 2.45) is 11.1 Å². The van der Waals surface area contributed by atoms with Crippen LogP contribution in [0.5, 0.6) is 11.6 Å². The molecular formula is C27H24F6N6O5. The second kappa shape index (κ2) is 10.0. The number of ether oxygens (including phenoxy) is 2. The predicted molar refractivity (Wildman–Crippen MR) is 138 cm³/mol. The molecule has 11 nitrogen and oxygen atoms in total. The minimum absolute atomic E-state index is 0.0310. The lowest BCUT2D eigenvalue weighted by Crippen LogP contribution is -2.60. The molecule has 234 valence electrons. The number of hydrogen-bond acceptors (Lipinski definition) is 7. The number of halogens is 6. The molecule has 0 radical (unpaired) electrons. The molecule has 0 atom stereocenters. The molecule has 44 heavy (non-hydrogen) atoms. The zero-order valence-electron chi connectivity index (χ0n) is 22.5. The van der Waals surface area contributed by atoms with Crippen LogP contribution in [0.4, 0.5) is 26.3 Å². The molecule has 6 rings (SSSR count). The van der Waals surface area contributed by atoms with Crippen LogP contribution in [0.1, 0.15) is 46.4 Å². The summed E-state index contributed by atoms with van der Waals surface area (Å²) in [7, 11) is 0. The van der Waals surface area contributed by atoms with Gasteiger partial charge in [-0.2, -0.15) is 31.4 Å². The Labute approximate surface area is 243 Å². The van der Waals surface area contributed by atoms with Gasteiger partial charge < -0.3 is 25.6 Å². The van der Waals surface area contributed by atoms with Gasteiger partial charge in [-0.05, 0) is 55.4 Å². The van der Waals surface area contributed by atoms with Gasteiger partial charge in [0.1, 0.15) is 24.0 Å². The number of hydrogen-bond donors (Lipinski definition) is 3. The lowest BCUT2D eigenvalue weighted by atomic mass is 9.53. The van der Waals surface area contributed by atoms with E-state index in [9.17, 15) is 41.0 Å². The number of carbonyl (C=O) groups is 2.